The molecule has 2 aromatic rings. The zero-order chi connectivity index (χ0) is 13.1. The molecule has 0 saturated carbocycles. The summed E-state index contributed by atoms with van der Waals surface area (Å²) in [6.07, 6.45) is 0. The van der Waals surface area contributed by atoms with Crippen LogP contribution in [-0.2, 0) is 0 Å². The van der Waals surface area contributed by atoms with E-state index in [0.717, 1.165) is 10.6 Å². The Hall–Kier alpha value is -1.61. The molecule has 0 amide bonds. The number of para-hydroxylation sites is 1. The fourth-order valence-corrected chi connectivity index (χ4v) is 2.68. The second-order valence-corrected chi connectivity index (χ2v) is 5.34. The van der Waals surface area contributed by atoms with E-state index in [1.165, 1.54) is 16.0 Å². The van der Waals surface area contributed by atoms with Gasteiger partial charge in [-0.05, 0) is 49.2 Å². The highest BCUT2D eigenvalue weighted by Crippen LogP contribution is 2.37. The molecule has 0 aromatic heterocycles. The molecule has 18 heavy (non-hydrogen) atoms. The predicted octanol–water partition coefficient (Wildman–Crippen LogP) is 4.05. The molecule has 2 nitrogen and oxygen atoms in total. The monoisotopic (exact) mass is 259 g/mol. The highest BCUT2D eigenvalue weighted by molar-refractivity contribution is 7.99. The smallest absolute Gasteiger partial charge is 0.142 e. The number of methoxy groups -OCH3 is 1. The molecule has 0 heterocycles. The number of rotatable bonds is 3. The summed E-state index contributed by atoms with van der Waals surface area (Å²) in [6, 6.07) is 12.3. The summed E-state index contributed by atoms with van der Waals surface area (Å²) in [5.74, 6) is 0.726. The van der Waals surface area contributed by atoms with Gasteiger partial charge in [0, 0.05) is 9.79 Å². The molecule has 0 aliphatic rings. The summed E-state index contributed by atoms with van der Waals surface area (Å²) in [4.78, 5) is 2.22. The molecule has 2 rings (SSSR count). The van der Waals surface area contributed by atoms with Crippen molar-refractivity contribution in [2.24, 2.45) is 0 Å². The summed E-state index contributed by atoms with van der Waals surface area (Å²) < 4.78 is 5.23. The van der Waals surface area contributed by atoms with Crippen LogP contribution < -0.4 is 10.5 Å². The third-order valence-electron chi connectivity index (χ3n) is 2.95. The lowest BCUT2D eigenvalue weighted by Crippen LogP contribution is -1.94. The molecule has 0 unspecified atom stereocenters. The highest BCUT2D eigenvalue weighted by Gasteiger charge is 2.07. The summed E-state index contributed by atoms with van der Waals surface area (Å²) in [5.41, 5.74) is 9.36. The molecule has 0 bridgehead atoms. The van der Waals surface area contributed by atoms with Crippen LogP contribution in [0.25, 0.3) is 0 Å². The summed E-state index contributed by atoms with van der Waals surface area (Å²) >= 11 is 1.66. The second kappa shape index (κ2) is 5.36. The zero-order valence-corrected chi connectivity index (χ0v) is 11.7. The van der Waals surface area contributed by atoms with Gasteiger partial charge in [0.15, 0.2) is 0 Å². The van der Waals surface area contributed by atoms with Gasteiger partial charge in [-0.2, -0.15) is 0 Å². The zero-order valence-electron chi connectivity index (χ0n) is 10.9. The van der Waals surface area contributed by atoms with E-state index in [4.69, 9.17) is 10.5 Å². The third-order valence-corrected chi connectivity index (χ3v) is 4.02. The quantitative estimate of drug-likeness (QED) is 0.845. The maximum Gasteiger partial charge on any atom is 0.142 e. The minimum atomic E-state index is 0.697. The standard InChI is InChI=1S/C15H17NOS/c1-10-7-8-12(9-11(10)2)18-14-6-4-5-13(17-3)15(14)16/h4-9H,16H2,1-3H3. The average Bonchev–Trinajstić information content (AvgIpc) is 2.36. The lowest BCUT2D eigenvalue weighted by Gasteiger charge is -2.10. The molecule has 0 atom stereocenters. The molecule has 3 heteroatoms. The van der Waals surface area contributed by atoms with Gasteiger partial charge >= 0.3 is 0 Å². The van der Waals surface area contributed by atoms with Crippen molar-refractivity contribution in [2.75, 3.05) is 12.8 Å². The summed E-state index contributed by atoms with van der Waals surface area (Å²) in [7, 11) is 1.64. The minimum Gasteiger partial charge on any atom is -0.495 e. The van der Waals surface area contributed by atoms with Crippen LogP contribution in [0.15, 0.2) is 46.2 Å². The highest BCUT2D eigenvalue weighted by atomic mass is 32.2. The fraction of sp³-hybridized carbons (Fsp3) is 0.200. The van der Waals surface area contributed by atoms with Crippen molar-refractivity contribution in [1.29, 1.82) is 0 Å². The number of anilines is 1. The molecule has 0 spiro atoms. The lowest BCUT2D eigenvalue weighted by atomic mass is 10.1. The number of nitrogens with two attached hydrogens (primary N) is 1. The van der Waals surface area contributed by atoms with E-state index in [-0.39, 0.29) is 0 Å². The van der Waals surface area contributed by atoms with Crippen molar-refractivity contribution in [3.05, 3.63) is 47.5 Å². The van der Waals surface area contributed by atoms with Crippen LogP contribution >= 0.6 is 11.8 Å². The van der Waals surface area contributed by atoms with Crippen molar-refractivity contribution in [1.82, 2.24) is 0 Å². The average molecular weight is 259 g/mol. The first-order valence-corrected chi connectivity index (χ1v) is 6.61. The Balaban J connectivity index is 2.31. The van der Waals surface area contributed by atoms with Gasteiger partial charge in [-0.3, -0.25) is 0 Å². The maximum absolute atomic E-state index is 6.06. The Kier molecular flexibility index (Phi) is 3.82. The minimum absolute atomic E-state index is 0.697. The Morgan fingerprint density at radius 2 is 1.83 bits per heavy atom. The van der Waals surface area contributed by atoms with Crippen LogP contribution in [0.4, 0.5) is 5.69 Å². The molecule has 0 fully saturated rings. The van der Waals surface area contributed by atoms with Crippen LogP contribution in [0.3, 0.4) is 0 Å². The van der Waals surface area contributed by atoms with E-state index in [0.29, 0.717) is 5.69 Å². The van der Waals surface area contributed by atoms with Crippen molar-refractivity contribution >= 4 is 17.4 Å². The topological polar surface area (TPSA) is 35.2 Å². The van der Waals surface area contributed by atoms with Gasteiger partial charge in [-0.15, -0.1) is 0 Å². The summed E-state index contributed by atoms with van der Waals surface area (Å²) in [6.45, 7) is 4.23. The number of nitrogen functional groups attached to an aromatic ring is 1. The van der Waals surface area contributed by atoms with Crippen LogP contribution in [0.5, 0.6) is 5.75 Å². The van der Waals surface area contributed by atoms with Gasteiger partial charge in [-0.25, -0.2) is 0 Å². The first-order chi connectivity index (χ1) is 8.61. The molecule has 0 radical (unpaired) electrons. The molecule has 0 aliphatic heterocycles. The predicted molar refractivity (Wildman–Crippen MR) is 77.4 cm³/mol. The molecular formula is C15H17NOS. The molecule has 94 valence electrons. The number of ether oxygens (including phenoxy) is 1. The Morgan fingerprint density at radius 3 is 2.50 bits per heavy atom. The Morgan fingerprint density at radius 1 is 1.06 bits per heavy atom. The van der Waals surface area contributed by atoms with Crippen molar-refractivity contribution in [3.8, 4) is 5.75 Å². The van der Waals surface area contributed by atoms with E-state index in [9.17, 15) is 0 Å². The van der Waals surface area contributed by atoms with Gasteiger partial charge in [-0.1, -0.05) is 23.9 Å². The Bertz CT molecular complexity index is 566. The molecule has 0 aliphatic carbocycles. The molecular weight excluding hydrogens is 242 g/mol. The van der Waals surface area contributed by atoms with Crippen LogP contribution in [0.1, 0.15) is 11.1 Å². The molecule has 2 N–H and O–H groups in total. The van der Waals surface area contributed by atoms with Crippen LogP contribution in [0.2, 0.25) is 0 Å². The van der Waals surface area contributed by atoms with Gasteiger partial charge in [0.05, 0.1) is 12.8 Å². The Labute approximate surface area is 112 Å². The number of hydrogen-bond donors (Lipinski definition) is 1. The first kappa shape index (κ1) is 12.8. The number of aryl methyl sites for hydroxylation is 2. The normalized spacial score (nSPS) is 10.4. The van der Waals surface area contributed by atoms with E-state index >= 15 is 0 Å². The van der Waals surface area contributed by atoms with Crippen molar-refractivity contribution in [2.45, 2.75) is 23.6 Å². The van der Waals surface area contributed by atoms with Crippen LogP contribution in [-0.4, -0.2) is 7.11 Å². The van der Waals surface area contributed by atoms with Crippen molar-refractivity contribution < 1.29 is 4.74 Å². The van der Waals surface area contributed by atoms with Crippen LogP contribution in [0, 0.1) is 13.8 Å². The lowest BCUT2D eigenvalue weighted by molar-refractivity contribution is 0.416. The van der Waals surface area contributed by atoms with E-state index in [1.54, 1.807) is 18.9 Å². The number of benzene rings is 2. The van der Waals surface area contributed by atoms with Gasteiger partial charge in [0.25, 0.3) is 0 Å². The fourth-order valence-electron chi connectivity index (χ4n) is 1.70. The van der Waals surface area contributed by atoms with E-state index in [1.807, 2.05) is 18.2 Å². The van der Waals surface area contributed by atoms with E-state index < -0.39 is 0 Å². The molecule has 2 aromatic carbocycles. The van der Waals surface area contributed by atoms with Gasteiger partial charge in [0.1, 0.15) is 5.75 Å². The SMILES string of the molecule is COc1cccc(Sc2ccc(C)c(C)c2)c1N. The first-order valence-electron chi connectivity index (χ1n) is 5.79. The van der Waals surface area contributed by atoms with Gasteiger partial charge in [0.2, 0.25) is 0 Å². The third kappa shape index (κ3) is 2.62. The number of hydrogen-bond acceptors (Lipinski definition) is 3. The summed E-state index contributed by atoms with van der Waals surface area (Å²) in [5, 5.41) is 0. The molecule has 0 saturated heterocycles. The second-order valence-electron chi connectivity index (χ2n) is 4.22. The maximum atomic E-state index is 6.06. The van der Waals surface area contributed by atoms with Crippen molar-refractivity contribution in [3.63, 3.8) is 0 Å². The largest absolute Gasteiger partial charge is 0.495 e. The van der Waals surface area contributed by atoms with Gasteiger partial charge < -0.3 is 10.5 Å². The van der Waals surface area contributed by atoms with E-state index in [2.05, 4.69) is 32.0 Å².